The molecule has 14 heavy (non-hydrogen) atoms. The van der Waals surface area contributed by atoms with Gasteiger partial charge in [-0.3, -0.25) is 14.7 Å². The molecule has 0 bridgehead atoms. The summed E-state index contributed by atoms with van der Waals surface area (Å²) >= 11 is 0. The summed E-state index contributed by atoms with van der Waals surface area (Å²) in [6, 6.07) is 1.54. The van der Waals surface area contributed by atoms with Crippen LogP contribution in [-0.4, -0.2) is 28.6 Å². The summed E-state index contributed by atoms with van der Waals surface area (Å²) in [5, 5.41) is 11.4. The third-order valence-electron chi connectivity index (χ3n) is 1.90. The van der Waals surface area contributed by atoms with Gasteiger partial charge in [-0.1, -0.05) is 0 Å². The first-order chi connectivity index (χ1) is 6.68. The standard InChI is InChI=1S/C8H7N3O3/c12-7-4-11(8(13)14)6-1-2-9-3-5(6)10-7/h1-3H,4H2,(H,10,12)(H,13,14). The Balaban J connectivity index is 2.48. The second-order valence-corrected chi connectivity index (χ2v) is 2.81. The number of nitrogens with zero attached hydrogens (tertiary/aromatic N) is 2. The van der Waals surface area contributed by atoms with E-state index in [1.165, 1.54) is 12.4 Å². The van der Waals surface area contributed by atoms with Crippen LogP contribution in [0, 0.1) is 0 Å². The average molecular weight is 193 g/mol. The molecule has 1 aromatic heterocycles. The summed E-state index contributed by atoms with van der Waals surface area (Å²) in [4.78, 5) is 26.7. The van der Waals surface area contributed by atoms with Gasteiger partial charge >= 0.3 is 6.09 Å². The molecule has 1 aromatic rings. The second kappa shape index (κ2) is 2.99. The number of carboxylic acid groups (broad SMARTS) is 1. The van der Waals surface area contributed by atoms with Crippen LogP contribution in [0.3, 0.4) is 0 Å². The Labute approximate surface area is 79.2 Å². The number of carbonyl (C=O) groups is 2. The van der Waals surface area contributed by atoms with E-state index in [-0.39, 0.29) is 12.5 Å². The van der Waals surface area contributed by atoms with Crippen molar-refractivity contribution in [2.45, 2.75) is 0 Å². The molecule has 0 atom stereocenters. The predicted octanol–water partition coefficient (Wildman–Crippen LogP) is 0.518. The van der Waals surface area contributed by atoms with Gasteiger partial charge in [-0.25, -0.2) is 4.79 Å². The molecular weight excluding hydrogens is 186 g/mol. The monoisotopic (exact) mass is 193 g/mol. The van der Waals surface area contributed by atoms with E-state index < -0.39 is 6.09 Å². The highest BCUT2D eigenvalue weighted by Crippen LogP contribution is 2.27. The lowest BCUT2D eigenvalue weighted by atomic mass is 10.2. The van der Waals surface area contributed by atoms with Crippen molar-refractivity contribution in [2.75, 3.05) is 16.8 Å². The molecule has 6 heteroatoms. The SMILES string of the molecule is O=C1CN(C(=O)O)c2ccncc2N1. The minimum Gasteiger partial charge on any atom is -0.465 e. The van der Waals surface area contributed by atoms with Crippen LogP contribution in [-0.2, 0) is 4.79 Å². The molecule has 2 amide bonds. The lowest BCUT2D eigenvalue weighted by Crippen LogP contribution is -2.41. The molecule has 2 rings (SSSR count). The molecule has 72 valence electrons. The highest BCUT2D eigenvalue weighted by Gasteiger charge is 2.26. The average Bonchev–Trinajstić information content (AvgIpc) is 2.16. The molecule has 6 nitrogen and oxygen atoms in total. The molecule has 2 N–H and O–H groups in total. The Morgan fingerprint density at radius 3 is 3.14 bits per heavy atom. The van der Waals surface area contributed by atoms with E-state index in [1.807, 2.05) is 0 Å². The second-order valence-electron chi connectivity index (χ2n) is 2.81. The number of pyridine rings is 1. The molecule has 0 saturated heterocycles. The number of fused-ring (bicyclic) bond motifs is 1. The van der Waals surface area contributed by atoms with Crippen molar-refractivity contribution in [3.8, 4) is 0 Å². The molecule has 0 aliphatic carbocycles. The van der Waals surface area contributed by atoms with Gasteiger partial charge in [-0.15, -0.1) is 0 Å². The van der Waals surface area contributed by atoms with Crippen molar-refractivity contribution in [3.63, 3.8) is 0 Å². The number of carbonyl (C=O) groups excluding carboxylic acids is 1. The number of rotatable bonds is 0. The number of amides is 2. The summed E-state index contributed by atoms with van der Waals surface area (Å²) in [5.74, 6) is -0.354. The molecule has 0 aromatic carbocycles. The topological polar surface area (TPSA) is 82.5 Å². The van der Waals surface area contributed by atoms with Gasteiger partial charge in [-0.05, 0) is 6.07 Å². The fourth-order valence-electron chi connectivity index (χ4n) is 1.31. The van der Waals surface area contributed by atoms with E-state index in [4.69, 9.17) is 5.11 Å². The Hall–Kier alpha value is -2.11. The first-order valence-corrected chi connectivity index (χ1v) is 3.93. The van der Waals surface area contributed by atoms with Crippen molar-refractivity contribution in [1.29, 1.82) is 0 Å². The molecule has 0 saturated carbocycles. The van der Waals surface area contributed by atoms with E-state index in [1.54, 1.807) is 6.07 Å². The molecule has 2 heterocycles. The third-order valence-corrected chi connectivity index (χ3v) is 1.90. The van der Waals surface area contributed by atoms with Crippen LogP contribution in [0.15, 0.2) is 18.5 Å². The van der Waals surface area contributed by atoms with Gasteiger partial charge in [0.2, 0.25) is 5.91 Å². The predicted molar refractivity (Wildman–Crippen MR) is 48.2 cm³/mol. The number of nitrogens with one attached hydrogen (secondary N) is 1. The van der Waals surface area contributed by atoms with E-state index in [2.05, 4.69) is 10.3 Å². The molecular formula is C8H7N3O3. The third kappa shape index (κ3) is 1.26. The molecule has 0 unspecified atom stereocenters. The molecule has 0 fully saturated rings. The number of aromatic nitrogens is 1. The zero-order valence-electron chi connectivity index (χ0n) is 7.10. The Morgan fingerprint density at radius 2 is 2.43 bits per heavy atom. The quantitative estimate of drug-likeness (QED) is 0.629. The molecule has 1 aliphatic rings. The fraction of sp³-hybridized carbons (Fsp3) is 0.125. The van der Waals surface area contributed by atoms with Crippen molar-refractivity contribution in [2.24, 2.45) is 0 Å². The van der Waals surface area contributed by atoms with Crippen molar-refractivity contribution in [1.82, 2.24) is 4.98 Å². The summed E-state index contributed by atoms with van der Waals surface area (Å²) in [5.41, 5.74) is 0.873. The van der Waals surface area contributed by atoms with E-state index in [0.29, 0.717) is 11.4 Å². The maximum atomic E-state index is 11.1. The van der Waals surface area contributed by atoms with Gasteiger partial charge in [0, 0.05) is 6.20 Å². The normalized spacial score (nSPS) is 14.6. The van der Waals surface area contributed by atoms with Gasteiger partial charge < -0.3 is 10.4 Å². The zero-order valence-corrected chi connectivity index (χ0v) is 7.10. The highest BCUT2D eigenvalue weighted by atomic mass is 16.4. The van der Waals surface area contributed by atoms with E-state index in [0.717, 1.165) is 4.90 Å². The Bertz CT molecular complexity index is 405. The van der Waals surface area contributed by atoms with E-state index in [9.17, 15) is 9.59 Å². The maximum Gasteiger partial charge on any atom is 0.412 e. The number of hydrogen-bond acceptors (Lipinski definition) is 3. The first-order valence-electron chi connectivity index (χ1n) is 3.93. The Kier molecular flexibility index (Phi) is 1.81. The van der Waals surface area contributed by atoms with E-state index >= 15 is 0 Å². The number of hydrogen-bond donors (Lipinski definition) is 2. The molecule has 1 aliphatic heterocycles. The molecule has 0 radical (unpaired) electrons. The van der Waals surface area contributed by atoms with Crippen LogP contribution in [0.2, 0.25) is 0 Å². The minimum atomic E-state index is -1.15. The van der Waals surface area contributed by atoms with Gasteiger partial charge in [0.05, 0.1) is 17.6 Å². The summed E-state index contributed by atoms with van der Waals surface area (Å²) < 4.78 is 0. The van der Waals surface area contributed by atoms with Gasteiger partial charge in [-0.2, -0.15) is 0 Å². The lowest BCUT2D eigenvalue weighted by Gasteiger charge is -2.25. The van der Waals surface area contributed by atoms with Crippen LogP contribution in [0.5, 0.6) is 0 Å². The summed E-state index contributed by atoms with van der Waals surface area (Å²) in [7, 11) is 0. The molecule has 0 spiro atoms. The highest BCUT2D eigenvalue weighted by molar-refractivity contribution is 6.07. The van der Waals surface area contributed by atoms with Gasteiger partial charge in [0.25, 0.3) is 0 Å². The first kappa shape index (κ1) is 8.49. The van der Waals surface area contributed by atoms with Crippen molar-refractivity contribution in [3.05, 3.63) is 18.5 Å². The fourth-order valence-corrected chi connectivity index (χ4v) is 1.31. The van der Waals surface area contributed by atoms with Crippen LogP contribution < -0.4 is 10.2 Å². The van der Waals surface area contributed by atoms with Crippen LogP contribution in [0.25, 0.3) is 0 Å². The smallest absolute Gasteiger partial charge is 0.412 e. The summed E-state index contributed by atoms with van der Waals surface area (Å²) in [6.45, 7) is -0.174. The summed E-state index contributed by atoms with van der Waals surface area (Å²) in [6.07, 6.45) is 1.75. The van der Waals surface area contributed by atoms with Gasteiger partial charge in [0.1, 0.15) is 6.54 Å². The maximum absolute atomic E-state index is 11.1. The Morgan fingerprint density at radius 1 is 1.64 bits per heavy atom. The minimum absolute atomic E-state index is 0.174. The number of anilines is 2. The van der Waals surface area contributed by atoms with Gasteiger partial charge in [0.15, 0.2) is 0 Å². The largest absolute Gasteiger partial charge is 0.465 e. The lowest BCUT2D eigenvalue weighted by molar-refractivity contribution is -0.115. The van der Waals surface area contributed by atoms with Crippen molar-refractivity contribution >= 4 is 23.4 Å². The van der Waals surface area contributed by atoms with Crippen LogP contribution >= 0.6 is 0 Å². The van der Waals surface area contributed by atoms with Crippen LogP contribution in [0.4, 0.5) is 16.2 Å². The van der Waals surface area contributed by atoms with Crippen molar-refractivity contribution < 1.29 is 14.7 Å². The van der Waals surface area contributed by atoms with Crippen LogP contribution in [0.1, 0.15) is 0 Å². The zero-order chi connectivity index (χ0) is 10.1.